The lowest BCUT2D eigenvalue weighted by Gasteiger charge is -2.25. The molecule has 0 spiro atoms. The van der Waals surface area contributed by atoms with E-state index in [1.54, 1.807) is 0 Å². The number of hydrogen-bond donors (Lipinski definition) is 8. The van der Waals surface area contributed by atoms with E-state index in [0.717, 1.165) is 0 Å². The third-order valence-electron chi connectivity index (χ3n) is 3.11. The van der Waals surface area contributed by atoms with Crippen LogP contribution in [0.3, 0.4) is 0 Å². The Morgan fingerprint density at radius 2 is 1.56 bits per heavy atom. The number of carbonyl (C=O) groups is 4. The first-order valence-corrected chi connectivity index (χ1v) is 7.97. The summed E-state index contributed by atoms with van der Waals surface area (Å²) in [7, 11) is 0. The van der Waals surface area contributed by atoms with Crippen molar-refractivity contribution in [3.05, 3.63) is 0 Å². The number of carboxylic acids is 1. The van der Waals surface area contributed by atoms with E-state index in [2.05, 4.69) is 28.6 Å². The first-order chi connectivity index (χ1) is 11.5. The smallest absolute Gasteiger partial charge is 0.322 e. The molecule has 11 nitrogen and oxygen atoms in total. The van der Waals surface area contributed by atoms with E-state index in [-0.39, 0.29) is 5.75 Å². The molecule has 3 amide bonds. The van der Waals surface area contributed by atoms with Crippen LogP contribution in [-0.4, -0.2) is 81.6 Å². The van der Waals surface area contributed by atoms with Crippen molar-refractivity contribution in [2.75, 3.05) is 12.3 Å². The van der Waals surface area contributed by atoms with Gasteiger partial charge in [0.05, 0.1) is 12.2 Å². The molecular weight excluding hydrogens is 356 g/mol. The van der Waals surface area contributed by atoms with E-state index in [4.69, 9.17) is 10.8 Å². The van der Waals surface area contributed by atoms with Crippen LogP contribution in [0.1, 0.15) is 13.8 Å². The molecule has 0 aromatic heterocycles. The van der Waals surface area contributed by atoms with Gasteiger partial charge in [-0.2, -0.15) is 12.6 Å². The van der Waals surface area contributed by atoms with Crippen LogP contribution < -0.4 is 21.7 Å². The van der Waals surface area contributed by atoms with Gasteiger partial charge in [-0.1, -0.05) is 0 Å². The Kier molecular flexibility index (Phi) is 10.0. The van der Waals surface area contributed by atoms with Crippen molar-refractivity contribution < 1.29 is 34.5 Å². The highest BCUT2D eigenvalue weighted by atomic mass is 32.1. The van der Waals surface area contributed by atoms with Crippen LogP contribution in [-0.2, 0) is 19.2 Å². The summed E-state index contributed by atoms with van der Waals surface area (Å²) >= 11 is 3.90. The number of nitrogens with two attached hydrogens (primary N) is 1. The molecule has 0 radical (unpaired) electrons. The van der Waals surface area contributed by atoms with Crippen molar-refractivity contribution in [2.24, 2.45) is 5.73 Å². The molecule has 5 unspecified atom stereocenters. The SMILES string of the molecule is CC(O)C(N)C(=O)NC(C(=O)NC(CS)C(=O)NCC(=O)O)C(C)O. The lowest BCUT2D eigenvalue weighted by molar-refractivity contribution is -0.138. The second-order valence-corrected chi connectivity index (χ2v) is 5.71. The molecule has 0 aromatic rings. The van der Waals surface area contributed by atoms with Gasteiger partial charge in [-0.3, -0.25) is 19.2 Å². The van der Waals surface area contributed by atoms with Crippen molar-refractivity contribution in [3.8, 4) is 0 Å². The van der Waals surface area contributed by atoms with Gasteiger partial charge in [-0.25, -0.2) is 0 Å². The predicted octanol–water partition coefficient (Wildman–Crippen LogP) is -3.82. The zero-order valence-corrected chi connectivity index (χ0v) is 14.7. The lowest BCUT2D eigenvalue weighted by atomic mass is 10.1. The molecule has 25 heavy (non-hydrogen) atoms. The van der Waals surface area contributed by atoms with Crippen LogP contribution in [0, 0.1) is 0 Å². The van der Waals surface area contributed by atoms with E-state index in [1.165, 1.54) is 13.8 Å². The Balaban J connectivity index is 4.94. The molecule has 0 aromatic carbocycles. The van der Waals surface area contributed by atoms with Gasteiger partial charge < -0.3 is 37.0 Å². The third kappa shape index (κ3) is 8.16. The third-order valence-corrected chi connectivity index (χ3v) is 3.48. The molecule has 5 atom stereocenters. The minimum atomic E-state index is -1.44. The summed E-state index contributed by atoms with van der Waals surface area (Å²) in [6.45, 7) is 1.88. The molecule has 8 N–H and O–H groups in total. The van der Waals surface area contributed by atoms with Crippen molar-refractivity contribution in [3.63, 3.8) is 0 Å². The number of aliphatic hydroxyl groups excluding tert-OH is 2. The fourth-order valence-corrected chi connectivity index (χ4v) is 1.87. The second kappa shape index (κ2) is 10.9. The van der Waals surface area contributed by atoms with Gasteiger partial charge in [0.2, 0.25) is 17.7 Å². The van der Waals surface area contributed by atoms with Crippen LogP contribution in [0.15, 0.2) is 0 Å². The normalized spacial score (nSPS) is 16.7. The van der Waals surface area contributed by atoms with Gasteiger partial charge >= 0.3 is 5.97 Å². The number of nitrogens with one attached hydrogen (secondary N) is 3. The first kappa shape index (κ1) is 23.1. The molecule has 0 fully saturated rings. The van der Waals surface area contributed by atoms with E-state index in [0.29, 0.717) is 0 Å². The summed E-state index contributed by atoms with van der Waals surface area (Å²) in [5, 5.41) is 34.0. The predicted molar refractivity (Wildman–Crippen MR) is 89.7 cm³/mol. The molecule has 0 saturated carbocycles. The van der Waals surface area contributed by atoms with Crippen molar-refractivity contribution in [2.45, 2.75) is 44.2 Å². The molecule has 0 heterocycles. The van der Waals surface area contributed by atoms with Crippen LogP contribution in [0.25, 0.3) is 0 Å². The number of carboxylic acid groups (broad SMARTS) is 1. The van der Waals surface area contributed by atoms with Crippen molar-refractivity contribution >= 4 is 36.3 Å². The molecular formula is C13H24N4O7S. The van der Waals surface area contributed by atoms with Crippen LogP contribution in [0.5, 0.6) is 0 Å². The Labute approximate surface area is 149 Å². The average molecular weight is 380 g/mol. The summed E-state index contributed by atoms with van der Waals surface area (Å²) in [5.74, 6) is -3.97. The zero-order valence-electron chi connectivity index (χ0n) is 13.8. The fourth-order valence-electron chi connectivity index (χ4n) is 1.62. The Morgan fingerprint density at radius 3 is 1.96 bits per heavy atom. The lowest BCUT2D eigenvalue weighted by Crippen LogP contribution is -2.60. The van der Waals surface area contributed by atoms with E-state index >= 15 is 0 Å². The maximum atomic E-state index is 12.2. The van der Waals surface area contributed by atoms with Gasteiger partial charge in [-0.15, -0.1) is 0 Å². The summed E-state index contributed by atoms with van der Waals surface area (Å²) in [6.07, 6.45) is -2.50. The topological polar surface area (TPSA) is 191 Å². The van der Waals surface area contributed by atoms with Crippen molar-refractivity contribution in [1.82, 2.24) is 16.0 Å². The van der Waals surface area contributed by atoms with Gasteiger partial charge in [0, 0.05) is 5.75 Å². The van der Waals surface area contributed by atoms with Gasteiger partial charge in [0.1, 0.15) is 24.7 Å². The van der Waals surface area contributed by atoms with Crippen LogP contribution in [0.2, 0.25) is 0 Å². The van der Waals surface area contributed by atoms with E-state index in [1.807, 2.05) is 0 Å². The Bertz CT molecular complexity index is 501. The molecule has 0 aliphatic carbocycles. The van der Waals surface area contributed by atoms with E-state index in [9.17, 15) is 29.4 Å². The first-order valence-electron chi connectivity index (χ1n) is 7.34. The largest absolute Gasteiger partial charge is 0.480 e. The fraction of sp³-hybridized carbons (Fsp3) is 0.692. The molecule has 0 aliphatic rings. The molecule has 0 aliphatic heterocycles. The second-order valence-electron chi connectivity index (χ2n) is 5.35. The average Bonchev–Trinajstić information content (AvgIpc) is 2.53. The van der Waals surface area contributed by atoms with Gasteiger partial charge in [-0.05, 0) is 13.8 Å². The van der Waals surface area contributed by atoms with Gasteiger partial charge in [0.15, 0.2) is 0 Å². The monoisotopic (exact) mass is 380 g/mol. The summed E-state index contributed by atoms with van der Waals surface area (Å²) in [5.41, 5.74) is 5.44. The minimum Gasteiger partial charge on any atom is -0.480 e. The summed E-state index contributed by atoms with van der Waals surface area (Å²) in [6, 6.07) is -3.93. The summed E-state index contributed by atoms with van der Waals surface area (Å²) in [4.78, 5) is 46.3. The molecule has 0 rings (SSSR count). The highest BCUT2D eigenvalue weighted by Crippen LogP contribution is 1.99. The number of rotatable bonds is 10. The number of thiol groups is 1. The van der Waals surface area contributed by atoms with Crippen LogP contribution in [0.4, 0.5) is 0 Å². The molecule has 144 valence electrons. The molecule has 0 bridgehead atoms. The Morgan fingerprint density at radius 1 is 1.00 bits per heavy atom. The number of aliphatic hydroxyl groups is 2. The maximum Gasteiger partial charge on any atom is 0.322 e. The number of amides is 3. The standard InChI is InChI=1S/C13H24N4O7S/c1-5(18)9(14)12(23)17-10(6(2)19)13(24)16-7(4-25)11(22)15-3-8(20)21/h5-7,9-10,18-19,25H,3-4,14H2,1-2H3,(H,15,22)(H,16,24)(H,17,23)(H,20,21). The van der Waals surface area contributed by atoms with Crippen LogP contribution >= 0.6 is 12.6 Å². The number of carbonyl (C=O) groups excluding carboxylic acids is 3. The van der Waals surface area contributed by atoms with E-state index < -0.39 is 60.6 Å². The quantitative estimate of drug-likeness (QED) is 0.177. The summed E-state index contributed by atoms with van der Waals surface area (Å²) < 4.78 is 0. The van der Waals surface area contributed by atoms with Gasteiger partial charge in [0.25, 0.3) is 0 Å². The van der Waals surface area contributed by atoms with Crippen molar-refractivity contribution in [1.29, 1.82) is 0 Å². The highest BCUT2D eigenvalue weighted by Gasteiger charge is 2.31. The number of hydrogen-bond acceptors (Lipinski definition) is 8. The highest BCUT2D eigenvalue weighted by molar-refractivity contribution is 7.80. The minimum absolute atomic E-state index is 0.148. The maximum absolute atomic E-state index is 12.2. The molecule has 0 saturated heterocycles. The zero-order chi connectivity index (χ0) is 19.7. The number of aliphatic carboxylic acids is 1. The molecule has 12 heteroatoms. The Hall–Kier alpha value is -1.89.